The molecule has 0 aliphatic carbocycles. The maximum Gasteiger partial charge on any atom is 0.243 e. The molecule has 4 rings (SSSR count). The van der Waals surface area contributed by atoms with E-state index in [4.69, 9.17) is 0 Å². The lowest BCUT2D eigenvalue weighted by atomic mass is 10.2. The summed E-state index contributed by atoms with van der Waals surface area (Å²) in [4.78, 5) is 14.4. The van der Waals surface area contributed by atoms with Gasteiger partial charge in [-0.25, -0.2) is 8.42 Å². The molecule has 0 amide bonds. The van der Waals surface area contributed by atoms with Crippen molar-refractivity contribution in [1.82, 2.24) is 19.0 Å². The monoisotopic (exact) mass is 398 g/mol. The molecule has 8 heteroatoms. The van der Waals surface area contributed by atoms with Gasteiger partial charge in [-0.05, 0) is 31.2 Å². The fourth-order valence-corrected chi connectivity index (χ4v) is 4.86. The van der Waals surface area contributed by atoms with Crippen molar-refractivity contribution in [2.45, 2.75) is 18.5 Å². The molecule has 1 fully saturated rings. The number of hydrogen-bond acceptors (Lipinski definition) is 5. The van der Waals surface area contributed by atoms with E-state index in [1.54, 1.807) is 22.9 Å². The predicted octanol–water partition coefficient (Wildman–Crippen LogP) is 1.67. The van der Waals surface area contributed by atoms with Crippen molar-refractivity contribution in [3.05, 3.63) is 70.5 Å². The lowest BCUT2D eigenvalue weighted by Gasteiger charge is -2.34. The van der Waals surface area contributed by atoms with Crippen LogP contribution in [0.5, 0.6) is 0 Å². The van der Waals surface area contributed by atoms with E-state index in [-0.39, 0.29) is 5.43 Å². The fraction of sp³-hybridized carbons (Fsp3) is 0.300. The first-order chi connectivity index (χ1) is 13.4. The van der Waals surface area contributed by atoms with E-state index in [1.807, 2.05) is 37.3 Å². The number of aromatic nitrogens is 2. The van der Waals surface area contributed by atoms with Gasteiger partial charge in [0.15, 0.2) is 0 Å². The summed E-state index contributed by atoms with van der Waals surface area (Å²) in [5, 5.41) is 4.89. The van der Waals surface area contributed by atoms with Crippen molar-refractivity contribution < 1.29 is 8.42 Å². The van der Waals surface area contributed by atoms with Crippen LogP contribution in [0.1, 0.15) is 5.56 Å². The molecule has 28 heavy (non-hydrogen) atoms. The summed E-state index contributed by atoms with van der Waals surface area (Å²) in [7, 11) is -3.47. The summed E-state index contributed by atoms with van der Waals surface area (Å²) >= 11 is 0. The molecule has 0 N–H and O–H groups in total. The Morgan fingerprint density at radius 1 is 0.964 bits per heavy atom. The highest BCUT2D eigenvalue weighted by Gasteiger charge is 2.28. The van der Waals surface area contributed by atoms with Gasteiger partial charge in [-0.2, -0.15) is 9.40 Å². The number of aryl methyl sites for hydroxylation is 1. The van der Waals surface area contributed by atoms with Gasteiger partial charge < -0.3 is 0 Å². The van der Waals surface area contributed by atoms with Crippen LogP contribution in [0.15, 0.2) is 64.4 Å². The molecular weight excluding hydrogens is 376 g/mol. The summed E-state index contributed by atoms with van der Waals surface area (Å²) < 4.78 is 29.0. The Morgan fingerprint density at radius 2 is 1.64 bits per heavy atom. The number of fused-ring (bicyclic) bond motifs is 1. The summed E-state index contributed by atoms with van der Waals surface area (Å²) in [5.41, 5.74) is 1.72. The van der Waals surface area contributed by atoms with E-state index in [9.17, 15) is 13.2 Å². The number of rotatable bonds is 4. The Balaban J connectivity index is 1.47. The van der Waals surface area contributed by atoms with E-state index in [0.29, 0.717) is 43.1 Å². The highest BCUT2D eigenvalue weighted by atomic mass is 32.2. The summed E-state index contributed by atoms with van der Waals surface area (Å²) in [6.45, 7) is 4.51. The molecule has 0 spiro atoms. The van der Waals surface area contributed by atoms with Crippen LogP contribution in [0.2, 0.25) is 0 Å². The van der Waals surface area contributed by atoms with E-state index >= 15 is 0 Å². The molecule has 0 radical (unpaired) electrons. The maximum atomic E-state index is 12.8. The van der Waals surface area contributed by atoms with E-state index in [1.165, 1.54) is 10.5 Å². The third kappa shape index (κ3) is 3.58. The van der Waals surface area contributed by atoms with Crippen molar-refractivity contribution in [3.63, 3.8) is 0 Å². The second-order valence-corrected chi connectivity index (χ2v) is 8.94. The number of hydrogen-bond donors (Lipinski definition) is 0. The van der Waals surface area contributed by atoms with Gasteiger partial charge in [0, 0.05) is 31.6 Å². The second kappa shape index (κ2) is 7.46. The minimum Gasteiger partial charge on any atom is -0.287 e. The van der Waals surface area contributed by atoms with Crippen molar-refractivity contribution in [1.29, 1.82) is 0 Å². The van der Waals surface area contributed by atoms with Crippen molar-refractivity contribution >= 4 is 20.9 Å². The SMILES string of the molecule is Cc1ccc(S(=O)(=O)N2CCN(Cn3ncc(=O)c4ccccc43)CC2)cc1. The molecular formula is C20H22N4O3S. The van der Waals surface area contributed by atoms with Gasteiger partial charge in [-0.15, -0.1) is 0 Å². The quantitative estimate of drug-likeness (QED) is 0.668. The van der Waals surface area contributed by atoms with Crippen LogP contribution in [0.4, 0.5) is 0 Å². The topological polar surface area (TPSA) is 75.5 Å². The predicted molar refractivity (Wildman–Crippen MR) is 108 cm³/mol. The molecule has 0 unspecified atom stereocenters. The molecule has 1 aliphatic heterocycles. The third-order valence-corrected chi connectivity index (χ3v) is 7.00. The molecule has 1 aromatic heterocycles. The van der Waals surface area contributed by atoms with Gasteiger partial charge in [-0.1, -0.05) is 29.8 Å². The maximum absolute atomic E-state index is 12.8. The lowest BCUT2D eigenvalue weighted by Crippen LogP contribution is -2.49. The van der Waals surface area contributed by atoms with Crippen molar-refractivity contribution in [2.24, 2.45) is 0 Å². The number of piperazine rings is 1. The van der Waals surface area contributed by atoms with Gasteiger partial charge in [0.25, 0.3) is 0 Å². The second-order valence-electron chi connectivity index (χ2n) is 7.00. The Labute approximate surface area is 163 Å². The van der Waals surface area contributed by atoms with Crippen LogP contribution >= 0.6 is 0 Å². The van der Waals surface area contributed by atoms with Gasteiger partial charge >= 0.3 is 0 Å². The first-order valence-corrected chi connectivity index (χ1v) is 10.6. The van der Waals surface area contributed by atoms with Gasteiger partial charge in [0.1, 0.15) is 0 Å². The summed E-state index contributed by atoms with van der Waals surface area (Å²) in [6.07, 6.45) is 1.33. The van der Waals surface area contributed by atoms with Crippen LogP contribution < -0.4 is 5.43 Å². The Kier molecular flexibility index (Phi) is 5.01. The van der Waals surface area contributed by atoms with Crippen LogP contribution in [0.3, 0.4) is 0 Å². The molecule has 7 nitrogen and oxygen atoms in total. The van der Waals surface area contributed by atoms with E-state index in [0.717, 1.165) is 11.1 Å². The van der Waals surface area contributed by atoms with Crippen LogP contribution in [-0.4, -0.2) is 53.6 Å². The fourth-order valence-electron chi connectivity index (χ4n) is 3.43. The standard InChI is InChI=1S/C20H22N4O3S/c1-16-6-8-17(9-7-16)28(26,27)23-12-10-22(11-13-23)15-24-19-5-3-2-4-18(19)20(25)14-21-24/h2-9,14H,10-13,15H2,1H3. The van der Waals surface area contributed by atoms with E-state index < -0.39 is 10.0 Å². The average molecular weight is 398 g/mol. The Morgan fingerprint density at radius 3 is 2.36 bits per heavy atom. The highest BCUT2D eigenvalue weighted by molar-refractivity contribution is 7.89. The van der Waals surface area contributed by atoms with Crippen molar-refractivity contribution in [3.8, 4) is 0 Å². The zero-order chi connectivity index (χ0) is 19.7. The van der Waals surface area contributed by atoms with Crippen LogP contribution in [-0.2, 0) is 16.7 Å². The number of para-hydroxylation sites is 1. The summed E-state index contributed by atoms with van der Waals surface area (Å²) in [6, 6.07) is 14.3. The lowest BCUT2D eigenvalue weighted by molar-refractivity contribution is 0.147. The van der Waals surface area contributed by atoms with Crippen molar-refractivity contribution in [2.75, 3.05) is 26.2 Å². The zero-order valence-electron chi connectivity index (χ0n) is 15.7. The number of sulfonamides is 1. The Bertz CT molecular complexity index is 1150. The molecule has 2 aromatic carbocycles. The largest absolute Gasteiger partial charge is 0.287 e. The molecule has 1 saturated heterocycles. The smallest absolute Gasteiger partial charge is 0.243 e. The molecule has 0 saturated carbocycles. The van der Waals surface area contributed by atoms with Gasteiger partial charge in [0.2, 0.25) is 15.5 Å². The minimum atomic E-state index is -3.47. The van der Waals surface area contributed by atoms with Gasteiger partial charge in [-0.3, -0.25) is 14.4 Å². The first kappa shape index (κ1) is 18.8. The van der Waals surface area contributed by atoms with E-state index in [2.05, 4.69) is 10.00 Å². The molecule has 1 aliphatic rings. The Hall–Kier alpha value is -2.55. The third-order valence-electron chi connectivity index (χ3n) is 5.09. The van der Waals surface area contributed by atoms with Gasteiger partial charge in [0.05, 0.1) is 23.3 Å². The zero-order valence-corrected chi connectivity index (χ0v) is 16.5. The number of benzene rings is 2. The van der Waals surface area contributed by atoms with Crippen LogP contribution in [0.25, 0.3) is 10.9 Å². The minimum absolute atomic E-state index is 0.0964. The number of nitrogens with zero attached hydrogens (tertiary/aromatic N) is 4. The normalized spacial score (nSPS) is 16.5. The van der Waals surface area contributed by atoms with Crippen LogP contribution in [0, 0.1) is 6.92 Å². The molecule has 146 valence electrons. The average Bonchev–Trinajstić information content (AvgIpc) is 2.71. The molecule has 0 bridgehead atoms. The molecule has 2 heterocycles. The first-order valence-electron chi connectivity index (χ1n) is 9.19. The highest BCUT2D eigenvalue weighted by Crippen LogP contribution is 2.18. The molecule has 0 atom stereocenters. The molecule has 3 aromatic rings. The summed E-state index contributed by atoms with van der Waals surface area (Å²) in [5.74, 6) is 0.